The summed E-state index contributed by atoms with van der Waals surface area (Å²) in [6.07, 6.45) is 1.61. The van der Waals surface area contributed by atoms with Crippen LogP contribution < -0.4 is 10.2 Å². The van der Waals surface area contributed by atoms with Crippen LogP contribution in [0.1, 0.15) is 5.56 Å². The van der Waals surface area contributed by atoms with E-state index in [1.807, 2.05) is 48.5 Å². The van der Waals surface area contributed by atoms with E-state index in [-0.39, 0.29) is 0 Å². The van der Waals surface area contributed by atoms with E-state index < -0.39 is 0 Å². The zero-order chi connectivity index (χ0) is 17.2. The topological polar surface area (TPSA) is 75.2 Å². The van der Waals surface area contributed by atoms with Gasteiger partial charge in [-0.15, -0.1) is 0 Å². The fourth-order valence-corrected chi connectivity index (χ4v) is 2.73. The summed E-state index contributed by atoms with van der Waals surface area (Å²) in [5, 5.41) is 5.50. The van der Waals surface area contributed by atoms with Gasteiger partial charge in [-0.2, -0.15) is 5.10 Å². The molecule has 4 rings (SSSR count). The van der Waals surface area contributed by atoms with Crippen LogP contribution in [-0.4, -0.2) is 28.3 Å². The Morgan fingerprint density at radius 1 is 1.12 bits per heavy atom. The number of aromatic amines is 1. The molecule has 2 aromatic carbocycles. The van der Waals surface area contributed by atoms with Crippen LogP contribution in [-0.2, 0) is 0 Å². The molecule has 7 heteroatoms. The van der Waals surface area contributed by atoms with E-state index in [9.17, 15) is 0 Å². The van der Waals surface area contributed by atoms with E-state index in [1.54, 1.807) is 13.3 Å². The Morgan fingerprint density at radius 3 is 2.84 bits per heavy atom. The highest BCUT2D eigenvalue weighted by Crippen LogP contribution is 2.23. The summed E-state index contributed by atoms with van der Waals surface area (Å²) >= 11 is 6.24. The molecular formula is C18H14ClN5O. The monoisotopic (exact) mass is 351 g/mol. The maximum Gasteiger partial charge on any atom is 0.222 e. The van der Waals surface area contributed by atoms with Crippen molar-refractivity contribution in [2.24, 2.45) is 5.10 Å². The fourth-order valence-electron chi connectivity index (χ4n) is 2.53. The molecule has 0 saturated carbocycles. The molecule has 2 heterocycles. The highest BCUT2D eigenvalue weighted by molar-refractivity contribution is 6.32. The first-order valence-corrected chi connectivity index (χ1v) is 7.99. The van der Waals surface area contributed by atoms with Gasteiger partial charge >= 0.3 is 0 Å². The zero-order valence-electron chi connectivity index (χ0n) is 13.3. The summed E-state index contributed by atoms with van der Waals surface area (Å²) in [7, 11) is 1.63. The van der Waals surface area contributed by atoms with E-state index in [0.717, 1.165) is 27.7 Å². The summed E-state index contributed by atoms with van der Waals surface area (Å²) in [6, 6.07) is 15.3. The third-order valence-corrected chi connectivity index (χ3v) is 4.07. The number of ether oxygens (including phenoxy) is 1. The van der Waals surface area contributed by atoms with Crippen molar-refractivity contribution in [3.05, 3.63) is 59.2 Å². The third-order valence-electron chi connectivity index (χ3n) is 3.77. The van der Waals surface area contributed by atoms with Crippen LogP contribution in [0.3, 0.4) is 0 Å². The Morgan fingerprint density at radius 2 is 2.00 bits per heavy atom. The Hall–Kier alpha value is -3.12. The van der Waals surface area contributed by atoms with Gasteiger partial charge in [-0.1, -0.05) is 23.7 Å². The lowest BCUT2D eigenvalue weighted by molar-refractivity contribution is 0.415. The van der Waals surface area contributed by atoms with Crippen LogP contribution in [0.2, 0.25) is 5.15 Å². The number of anilines is 1. The molecule has 4 aromatic rings. The van der Waals surface area contributed by atoms with Crippen LogP contribution >= 0.6 is 11.6 Å². The van der Waals surface area contributed by atoms with Crippen LogP contribution in [0.15, 0.2) is 53.6 Å². The lowest BCUT2D eigenvalue weighted by Crippen LogP contribution is -1.94. The number of nitrogens with zero attached hydrogens (tertiary/aromatic N) is 3. The largest absolute Gasteiger partial charge is 0.497 e. The second-order valence-corrected chi connectivity index (χ2v) is 5.76. The summed E-state index contributed by atoms with van der Waals surface area (Å²) in [5.41, 5.74) is 6.19. The van der Waals surface area contributed by atoms with Crippen molar-refractivity contribution in [1.82, 2.24) is 15.0 Å². The van der Waals surface area contributed by atoms with Crippen molar-refractivity contribution in [3.63, 3.8) is 0 Å². The van der Waals surface area contributed by atoms with Crippen molar-refractivity contribution in [3.8, 4) is 5.75 Å². The van der Waals surface area contributed by atoms with Crippen LogP contribution in [0.5, 0.6) is 5.75 Å². The minimum atomic E-state index is 0.382. The standard InChI is InChI=1S/C18H14ClN5O/c1-25-13-6-7-14-11(9-13)8-12(17(19)21-14)10-20-24-18-22-15-4-2-3-5-16(15)23-18/h2-10H,1H3,(H2,22,23,24). The number of benzene rings is 2. The minimum Gasteiger partial charge on any atom is -0.497 e. The van der Waals surface area contributed by atoms with Crippen LogP contribution in [0, 0.1) is 0 Å². The molecule has 6 nitrogen and oxygen atoms in total. The summed E-state index contributed by atoms with van der Waals surface area (Å²) in [4.78, 5) is 11.9. The molecule has 0 bridgehead atoms. The Kier molecular flexibility index (Phi) is 3.95. The second kappa shape index (κ2) is 6.41. The maximum atomic E-state index is 6.24. The van der Waals surface area contributed by atoms with Gasteiger partial charge in [0.15, 0.2) is 0 Å². The van der Waals surface area contributed by atoms with E-state index in [0.29, 0.717) is 16.7 Å². The quantitative estimate of drug-likeness (QED) is 0.328. The van der Waals surface area contributed by atoms with E-state index in [1.165, 1.54) is 0 Å². The molecule has 0 aliphatic carbocycles. The van der Waals surface area contributed by atoms with Gasteiger partial charge in [0, 0.05) is 10.9 Å². The molecule has 124 valence electrons. The number of hydrazone groups is 1. The molecule has 25 heavy (non-hydrogen) atoms. The number of fused-ring (bicyclic) bond motifs is 2. The SMILES string of the molecule is COc1ccc2nc(Cl)c(C=NNc3nc4ccccc4[nH]3)cc2c1. The molecule has 0 spiro atoms. The van der Waals surface area contributed by atoms with Gasteiger partial charge < -0.3 is 9.72 Å². The van der Waals surface area contributed by atoms with Crippen molar-refractivity contribution in [2.45, 2.75) is 0 Å². The van der Waals surface area contributed by atoms with Crippen molar-refractivity contribution in [1.29, 1.82) is 0 Å². The number of methoxy groups -OCH3 is 1. The van der Waals surface area contributed by atoms with Crippen molar-refractivity contribution >= 4 is 45.7 Å². The molecular weight excluding hydrogens is 338 g/mol. The van der Waals surface area contributed by atoms with Gasteiger partial charge in [0.05, 0.1) is 29.9 Å². The number of H-pyrrole nitrogens is 1. The molecule has 0 saturated heterocycles. The van der Waals surface area contributed by atoms with Gasteiger partial charge in [0.2, 0.25) is 5.95 Å². The normalized spacial score (nSPS) is 11.4. The first-order valence-electron chi connectivity index (χ1n) is 7.61. The molecule has 0 amide bonds. The number of hydrogen-bond acceptors (Lipinski definition) is 5. The molecule has 0 atom stereocenters. The molecule has 0 fully saturated rings. The number of para-hydroxylation sites is 2. The van der Waals surface area contributed by atoms with Gasteiger partial charge in [0.25, 0.3) is 0 Å². The summed E-state index contributed by atoms with van der Waals surface area (Å²) in [6.45, 7) is 0. The number of nitrogens with one attached hydrogen (secondary N) is 2. The first-order chi connectivity index (χ1) is 12.2. The molecule has 2 aromatic heterocycles. The van der Waals surface area contributed by atoms with E-state index >= 15 is 0 Å². The Labute approximate surface area is 148 Å². The van der Waals surface area contributed by atoms with Gasteiger partial charge in [-0.05, 0) is 36.4 Å². The number of rotatable bonds is 4. The smallest absolute Gasteiger partial charge is 0.222 e. The molecule has 0 radical (unpaired) electrons. The van der Waals surface area contributed by atoms with Gasteiger partial charge in [0.1, 0.15) is 10.9 Å². The fraction of sp³-hybridized carbons (Fsp3) is 0.0556. The van der Waals surface area contributed by atoms with Crippen LogP contribution in [0.25, 0.3) is 21.9 Å². The highest BCUT2D eigenvalue weighted by atomic mass is 35.5. The van der Waals surface area contributed by atoms with Crippen LogP contribution in [0.4, 0.5) is 5.95 Å². The summed E-state index contributed by atoms with van der Waals surface area (Å²) in [5.74, 6) is 1.32. The summed E-state index contributed by atoms with van der Waals surface area (Å²) < 4.78 is 5.24. The average molecular weight is 352 g/mol. The Bertz CT molecular complexity index is 1060. The first kappa shape index (κ1) is 15.4. The highest BCUT2D eigenvalue weighted by Gasteiger charge is 2.05. The maximum absolute atomic E-state index is 6.24. The lowest BCUT2D eigenvalue weighted by Gasteiger charge is -2.04. The van der Waals surface area contributed by atoms with Gasteiger partial charge in [-0.3, -0.25) is 0 Å². The Balaban J connectivity index is 1.60. The second-order valence-electron chi connectivity index (χ2n) is 5.40. The molecule has 0 aliphatic heterocycles. The van der Waals surface area contributed by atoms with Crippen molar-refractivity contribution < 1.29 is 4.74 Å². The number of halogens is 1. The average Bonchev–Trinajstić information content (AvgIpc) is 3.04. The number of hydrogen-bond donors (Lipinski definition) is 2. The number of aromatic nitrogens is 3. The zero-order valence-corrected chi connectivity index (χ0v) is 14.1. The molecule has 0 aliphatic rings. The molecule has 0 unspecified atom stereocenters. The lowest BCUT2D eigenvalue weighted by atomic mass is 10.1. The number of pyridine rings is 1. The van der Waals surface area contributed by atoms with E-state index in [4.69, 9.17) is 16.3 Å². The predicted octanol–water partition coefficient (Wildman–Crippen LogP) is 4.22. The van der Waals surface area contributed by atoms with E-state index in [2.05, 4.69) is 25.5 Å². The molecule has 2 N–H and O–H groups in total. The number of imidazole rings is 1. The predicted molar refractivity (Wildman–Crippen MR) is 101 cm³/mol. The minimum absolute atomic E-state index is 0.382. The van der Waals surface area contributed by atoms with Gasteiger partial charge in [-0.25, -0.2) is 15.4 Å². The van der Waals surface area contributed by atoms with Crippen molar-refractivity contribution in [2.75, 3.05) is 12.5 Å². The third kappa shape index (κ3) is 3.12.